The maximum absolute atomic E-state index is 12.4. The summed E-state index contributed by atoms with van der Waals surface area (Å²) in [4.78, 5) is 59.2. The molecule has 0 fully saturated rings. The van der Waals surface area contributed by atoms with Crippen molar-refractivity contribution < 1.29 is 47.6 Å². The minimum atomic E-state index is -1.06. The molecular weight excluding hydrogens is 593 g/mol. The molecule has 0 bridgehead atoms. The quantitative estimate of drug-likeness (QED) is 0.178. The third-order valence-electron chi connectivity index (χ3n) is 5.87. The number of nitrogens with one attached hydrogen (secondary N) is 3. The molecule has 0 aliphatic rings. The molecule has 0 aliphatic carbocycles. The summed E-state index contributed by atoms with van der Waals surface area (Å²) >= 11 is 0. The molecule has 2 rings (SSSR count). The van der Waals surface area contributed by atoms with E-state index in [-0.39, 0.29) is 18.9 Å². The fraction of sp³-hybridized carbons (Fsp3) is 0.433. The molecule has 4 atom stereocenters. The minimum absolute atomic E-state index is 0.0515. The van der Waals surface area contributed by atoms with Gasteiger partial charge in [0.25, 0.3) is 0 Å². The predicted octanol–water partition coefficient (Wildman–Crippen LogP) is 2.85. The maximum Gasteiger partial charge on any atom is 0.408 e. The van der Waals surface area contributed by atoms with E-state index in [0.29, 0.717) is 6.42 Å². The van der Waals surface area contributed by atoms with E-state index in [1.165, 1.54) is 21.0 Å². The standard InChI is InChI=1S/C20H28N3O7P.C10H12O3/c1-12(2)10-16(19(26)30-31-28)23-18(25)13(3)21-17(24)14(4)22-20(27)29-11-15-8-6-5-7-9-15;1-13-10(12)9(11)7-8-5-3-2-4-6-8/h5-9,12-14,16H,10-11H2,1-4H3,(H,21,24)(H,22,27)(H,23,25);2-6,9,11H,7H2,1H3/t13-,14-,16-;/m0./s1. The Morgan fingerprint density at radius 3 is 1.82 bits per heavy atom. The van der Waals surface area contributed by atoms with Crippen LogP contribution in [-0.4, -0.2) is 66.3 Å². The molecule has 4 N–H and O–H groups in total. The SMILES string of the molecule is CC(C)C[C@H](NC(=O)[C@H](C)NC(=O)[C@H](C)NC(=O)OCc1ccccc1)C(=O)OP=O.COC(=O)C(O)Cc1ccccc1. The van der Waals surface area contributed by atoms with Crippen LogP contribution in [-0.2, 0) is 50.8 Å². The highest BCUT2D eigenvalue weighted by Crippen LogP contribution is 2.10. The Bertz CT molecular complexity index is 1210. The van der Waals surface area contributed by atoms with E-state index in [1.54, 1.807) is 12.1 Å². The summed E-state index contributed by atoms with van der Waals surface area (Å²) in [5.74, 6) is -2.62. The fourth-order valence-electron chi connectivity index (χ4n) is 3.55. The second kappa shape index (κ2) is 20.5. The number of alkyl carbamates (subject to hydrolysis) is 1. The van der Waals surface area contributed by atoms with Crippen LogP contribution in [0.3, 0.4) is 0 Å². The van der Waals surface area contributed by atoms with Gasteiger partial charge in [-0.25, -0.2) is 18.9 Å². The lowest BCUT2D eigenvalue weighted by atomic mass is 10.0. The van der Waals surface area contributed by atoms with Gasteiger partial charge >= 0.3 is 26.7 Å². The summed E-state index contributed by atoms with van der Waals surface area (Å²) in [6.07, 6.45) is -1.27. The molecule has 1 unspecified atom stereocenters. The number of aliphatic hydroxyl groups excluding tert-OH is 1. The van der Waals surface area contributed by atoms with E-state index in [2.05, 4.69) is 25.2 Å². The van der Waals surface area contributed by atoms with Crippen LogP contribution in [0, 0.1) is 5.92 Å². The number of carbonyl (C=O) groups excluding carboxylic acids is 5. The summed E-state index contributed by atoms with van der Waals surface area (Å²) in [6, 6.07) is 15.4. The third kappa shape index (κ3) is 15.2. The predicted molar refractivity (Wildman–Crippen MR) is 160 cm³/mol. The summed E-state index contributed by atoms with van der Waals surface area (Å²) in [5, 5.41) is 16.6. The van der Waals surface area contributed by atoms with Gasteiger partial charge in [0.2, 0.25) is 11.8 Å². The van der Waals surface area contributed by atoms with Crippen LogP contribution < -0.4 is 16.0 Å². The zero-order valence-corrected chi connectivity index (χ0v) is 26.2. The van der Waals surface area contributed by atoms with Crippen molar-refractivity contribution >= 4 is 38.5 Å². The van der Waals surface area contributed by atoms with Gasteiger partial charge in [0.05, 0.1) is 7.11 Å². The first-order chi connectivity index (χ1) is 20.9. The lowest BCUT2D eigenvalue weighted by Crippen LogP contribution is -2.54. The monoisotopic (exact) mass is 633 g/mol. The normalized spacial score (nSPS) is 13.2. The molecule has 3 amide bonds. The largest absolute Gasteiger partial charge is 0.467 e. The van der Waals surface area contributed by atoms with Crippen LogP contribution >= 0.6 is 8.69 Å². The van der Waals surface area contributed by atoms with Gasteiger partial charge in [0.1, 0.15) is 24.7 Å². The van der Waals surface area contributed by atoms with Gasteiger partial charge in [-0.3, -0.25) is 9.59 Å². The number of methoxy groups -OCH3 is 1. The molecule has 0 aliphatic heterocycles. The highest BCUT2D eigenvalue weighted by atomic mass is 31.1. The molecule has 13 nitrogen and oxygen atoms in total. The zero-order chi connectivity index (χ0) is 33.1. The van der Waals surface area contributed by atoms with Crippen molar-refractivity contribution in [2.45, 2.75) is 71.4 Å². The Hall–Kier alpha value is -4.35. The molecule has 0 saturated heterocycles. The average molecular weight is 634 g/mol. The van der Waals surface area contributed by atoms with Crippen molar-refractivity contribution in [1.82, 2.24) is 16.0 Å². The van der Waals surface area contributed by atoms with Crippen molar-refractivity contribution in [3.05, 3.63) is 71.8 Å². The van der Waals surface area contributed by atoms with E-state index in [4.69, 9.17) is 4.74 Å². The molecule has 0 aromatic heterocycles. The molecule has 0 saturated carbocycles. The van der Waals surface area contributed by atoms with E-state index >= 15 is 0 Å². The second-order valence-corrected chi connectivity index (χ2v) is 10.4. The van der Waals surface area contributed by atoms with Crippen molar-refractivity contribution in [3.8, 4) is 0 Å². The minimum Gasteiger partial charge on any atom is -0.467 e. The fourth-order valence-corrected chi connectivity index (χ4v) is 3.75. The molecule has 240 valence electrons. The number of rotatable bonds is 14. The molecule has 44 heavy (non-hydrogen) atoms. The van der Waals surface area contributed by atoms with Crippen molar-refractivity contribution in [2.24, 2.45) is 5.92 Å². The number of esters is 1. The molecule has 0 heterocycles. The lowest BCUT2D eigenvalue weighted by Gasteiger charge is -2.22. The highest BCUT2D eigenvalue weighted by molar-refractivity contribution is 7.18. The van der Waals surface area contributed by atoms with Crippen LogP contribution in [0.15, 0.2) is 60.7 Å². The maximum atomic E-state index is 12.4. The molecule has 0 radical (unpaired) electrons. The Balaban J connectivity index is 0.000000617. The van der Waals surface area contributed by atoms with Gasteiger partial charge in [0.15, 0.2) is 6.10 Å². The zero-order valence-electron chi connectivity index (χ0n) is 25.4. The number of carbonyl (C=O) groups is 5. The Labute approximate surface area is 258 Å². The van der Waals surface area contributed by atoms with Crippen molar-refractivity contribution in [1.29, 1.82) is 0 Å². The first kappa shape index (κ1) is 37.7. The van der Waals surface area contributed by atoms with Crippen molar-refractivity contribution in [3.63, 3.8) is 0 Å². The van der Waals surface area contributed by atoms with Gasteiger partial charge in [-0.2, -0.15) is 0 Å². The Morgan fingerprint density at radius 1 is 0.773 bits per heavy atom. The number of aliphatic hydroxyl groups is 1. The number of benzene rings is 2. The van der Waals surface area contributed by atoms with Crippen LogP contribution in [0.4, 0.5) is 4.79 Å². The first-order valence-corrected chi connectivity index (χ1v) is 14.5. The second-order valence-electron chi connectivity index (χ2n) is 10.1. The van der Waals surface area contributed by atoms with Gasteiger partial charge < -0.3 is 35.1 Å². The number of hydrogen-bond donors (Lipinski definition) is 4. The van der Waals surface area contributed by atoms with Gasteiger partial charge in [-0.15, -0.1) is 0 Å². The van der Waals surface area contributed by atoms with E-state index < -0.39 is 62.8 Å². The summed E-state index contributed by atoms with van der Waals surface area (Å²) in [7, 11) is 0.449. The van der Waals surface area contributed by atoms with Crippen LogP contribution in [0.1, 0.15) is 45.2 Å². The van der Waals surface area contributed by atoms with Crippen LogP contribution in [0.5, 0.6) is 0 Å². The smallest absolute Gasteiger partial charge is 0.408 e. The van der Waals surface area contributed by atoms with Crippen LogP contribution in [0.2, 0.25) is 0 Å². The first-order valence-electron chi connectivity index (χ1n) is 13.8. The molecular formula is C30H40N3O10P. The molecule has 14 heteroatoms. The van der Waals surface area contributed by atoms with Gasteiger partial charge in [0, 0.05) is 6.42 Å². The third-order valence-corrected chi connectivity index (χ3v) is 6.13. The topological polar surface area (TPSA) is 186 Å². The molecule has 2 aromatic rings. The van der Waals surface area contributed by atoms with E-state index in [0.717, 1.165) is 11.1 Å². The highest BCUT2D eigenvalue weighted by Gasteiger charge is 2.27. The molecule has 0 spiro atoms. The van der Waals surface area contributed by atoms with E-state index in [1.807, 2.05) is 62.4 Å². The average Bonchev–Trinajstić information content (AvgIpc) is 3.00. The Morgan fingerprint density at radius 2 is 1.30 bits per heavy atom. The van der Waals surface area contributed by atoms with Gasteiger partial charge in [-0.05, 0) is 37.3 Å². The summed E-state index contributed by atoms with van der Waals surface area (Å²) in [5.41, 5.74) is 1.71. The van der Waals surface area contributed by atoms with Crippen LogP contribution in [0.25, 0.3) is 0 Å². The summed E-state index contributed by atoms with van der Waals surface area (Å²) < 4.78 is 24.4. The number of hydrogen-bond acceptors (Lipinski definition) is 10. The molecule has 2 aromatic carbocycles. The van der Waals surface area contributed by atoms with Gasteiger partial charge in [-0.1, -0.05) is 74.5 Å². The number of ether oxygens (including phenoxy) is 2. The summed E-state index contributed by atoms with van der Waals surface area (Å²) in [6.45, 7) is 6.61. The Kier molecular flexibility index (Phi) is 17.6. The number of amides is 3. The van der Waals surface area contributed by atoms with Crippen molar-refractivity contribution in [2.75, 3.05) is 7.11 Å². The van der Waals surface area contributed by atoms with E-state index in [9.17, 15) is 33.6 Å². The lowest BCUT2D eigenvalue weighted by molar-refractivity contribution is -0.150.